The van der Waals surface area contributed by atoms with Crippen molar-refractivity contribution in [3.63, 3.8) is 0 Å². The van der Waals surface area contributed by atoms with Crippen molar-refractivity contribution in [3.8, 4) is 0 Å². The van der Waals surface area contributed by atoms with Gasteiger partial charge in [0.1, 0.15) is 17.3 Å². The number of carbonyl (C=O) groups excluding carboxylic acids is 1. The van der Waals surface area contributed by atoms with E-state index in [0.29, 0.717) is 29.7 Å². The third-order valence-electron chi connectivity index (χ3n) is 2.39. The highest BCUT2D eigenvalue weighted by atomic mass is 35.5. The molecule has 2 N–H and O–H groups in total. The second-order valence-corrected chi connectivity index (χ2v) is 5.80. The van der Waals surface area contributed by atoms with Gasteiger partial charge in [0.2, 0.25) is 5.91 Å². The van der Waals surface area contributed by atoms with Crippen LogP contribution < -0.4 is 10.6 Å². The van der Waals surface area contributed by atoms with Gasteiger partial charge < -0.3 is 10.6 Å². The Morgan fingerprint density at radius 2 is 2.20 bits per heavy atom. The van der Waals surface area contributed by atoms with Gasteiger partial charge >= 0.3 is 0 Å². The summed E-state index contributed by atoms with van der Waals surface area (Å²) in [6.45, 7) is 6.30. The number of rotatable bonds is 4. The van der Waals surface area contributed by atoms with Crippen LogP contribution in [0.25, 0.3) is 5.78 Å². The summed E-state index contributed by atoms with van der Waals surface area (Å²) in [7, 11) is 0. The molecule has 0 saturated carbocycles. The van der Waals surface area contributed by atoms with Gasteiger partial charge in [-0.15, -0.1) is 0 Å². The minimum absolute atomic E-state index is 0.0139. The van der Waals surface area contributed by atoms with Crippen LogP contribution in [0.5, 0.6) is 0 Å². The Labute approximate surface area is 121 Å². The van der Waals surface area contributed by atoms with E-state index in [0.717, 1.165) is 0 Å². The molecule has 0 aromatic carbocycles. The summed E-state index contributed by atoms with van der Waals surface area (Å²) in [6, 6.07) is 1.64. The molecule has 0 aliphatic rings. The Morgan fingerprint density at radius 3 is 2.90 bits per heavy atom. The van der Waals surface area contributed by atoms with Crippen molar-refractivity contribution in [1.82, 2.24) is 24.9 Å². The number of fused-ring (bicyclic) bond motifs is 1. The quantitative estimate of drug-likeness (QED) is 0.835. The van der Waals surface area contributed by atoms with Crippen LogP contribution in [0.15, 0.2) is 12.4 Å². The maximum absolute atomic E-state index is 11.7. The summed E-state index contributed by atoms with van der Waals surface area (Å²) in [5, 5.41) is 10.4. The molecule has 0 bridgehead atoms. The van der Waals surface area contributed by atoms with E-state index in [1.165, 1.54) is 10.8 Å². The minimum atomic E-state index is -0.226. The first-order valence-corrected chi connectivity index (χ1v) is 6.64. The molecule has 2 aromatic rings. The van der Waals surface area contributed by atoms with Gasteiger partial charge in [-0.25, -0.2) is 0 Å². The highest BCUT2D eigenvalue weighted by Crippen LogP contribution is 2.14. The SMILES string of the molecule is CC(C)(C)NC(=O)CCNc1cc(Cl)nc2ncnn12. The first-order chi connectivity index (χ1) is 9.35. The molecule has 0 saturated heterocycles. The van der Waals surface area contributed by atoms with Gasteiger partial charge in [0.05, 0.1) is 0 Å². The summed E-state index contributed by atoms with van der Waals surface area (Å²) in [5.74, 6) is 1.06. The summed E-state index contributed by atoms with van der Waals surface area (Å²) in [6.07, 6.45) is 1.75. The fourth-order valence-corrected chi connectivity index (χ4v) is 1.87. The van der Waals surface area contributed by atoms with Crippen LogP contribution in [0.3, 0.4) is 0 Å². The van der Waals surface area contributed by atoms with Crippen molar-refractivity contribution in [3.05, 3.63) is 17.5 Å². The lowest BCUT2D eigenvalue weighted by Gasteiger charge is -2.20. The number of hydrogen-bond donors (Lipinski definition) is 2. The number of nitrogens with zero attached hydrogens (tertiary/aromatic N) is 4. The first-order valence-electron chi connectivity index (χ1n) is 6.26. The van der Waals surface area contributed by atoms with Gasteiger partial charge in [-0.2, -0.15) is 19.6 Å². The van der Waals surface area contributed by atoms with Gasteiger partial charge in [0.15, 0.2) is 0 Å². The lowest BCUT2D eigenvalue weighted by Crippen LogP contribution is -2.41. The van der Waals surface area contributed by atoms with Crippen molar-refractivity contribution in [2.75, 3.05) is 11.9 Å². The Hall–Kier alpha value is -1.89. The van der Waals surface area contributed by atoms with Crippen LogP contribution in [-0.4, -0.2) is 37.6 Å². The zero-order chi connectivity index (χ0) is 14.8. The molecule has 8 heteroatoms. The monoisotopic (exact) mass is 296 g/mol. The van der Waals surface area contributed by atoms with Crippen LogP contribution in [0.4, 0.5) is 5.82 Å². The number of hydrogen-bond acceptors (Lipinski definition) is 5. The molecule has 0 fully saturated rings. The largest absolute Gasteiger partial charge is 0.369 e. The van der Waals surface area contributed by atoms with Crippen LogP contribution in [-0.2, 0) is 4.79 Å². The third-order valence-corrected chi connectivity index (χ3v) is 2.59. The molecule has 0 radical (unpaired) electrons. The van der Waals surface area contributed by atoms with Crippen molar-refractivity contribution in [2.24, 2.45) is 0 Å². The fourth-order valence-electron chi connectivity index (χ4n) is 1.69. The average molecular weight is 297 g/mol. The molecular formula is C12H17ClN6O. The summed E-state index contributed by atoms with van der Waals surface area (Å²) in [4.78, 5) is 19.7. The van der Waals surface area contributed by atoms with Crippen LogP contribution in [0, 0.1) is 0 Å². The van der Waals surface area contributed by atoms with Crippen molar-refractivity contribution in [2.45, 2.75) is 32.7 Å². The standard InChI is InChI=1S/C12H17ClN6O/c1-12(2,3)18-10(20)4-5-14-9-6-8(13)17-11-15-7-16-19(9)11/h6-7,14H,4-5H2,1-3H3,(H,18,20). The molecule has 0 aliphatic carbocycles. The lowest BCUT2D eigenvalue weighted by molar-refractivity contribution is -0.122. The number of anilines is 1. The predicted octanol–water partition coefficient (Wildman–Crippen LogP) is 1.49. The Bertz CT molecular complexity index is 618. The predicted molar refractivity (Wildman–Crippen MR) is 76.8 cm³/mol. The lowest BCUT2D eigenvalue weighted by atomic mass is 10.1. The van der Waals surface area contributed by atoms with E-state index in [1.54, 1.807) is 6.07 Å². The van der Waals surface area contributed by atoms with E-state index in [-0.39, 0.29) is 11.4 Å². The van der Waals surface area contributed by atoms with Crippen molar-refractivity contribution >= 4 is 29.1 Å². The van der Waals surface area contributed by atoms with Crippen LogP contribution in [0.2, 0.25) is 5.15 Å². The van der Waals surface area contributed by atoms with E-state index in [9.17, 15) is 4.79 Å². The van der Waals surface area contributed by atoms with E-state index >= 15 is 0 Å². The van der Waals surface area contributed by atoms with Crippen molar-refractivity contribution < 1.29 is 4.79 Å². The molecule has 20 heavy (non-hydrogen) atoms. The highest BCUT2D eigenvalue weighted by Gasteiger charge is 2.13. The van der Waals surface area contributed by atoms with Crippen LogP contribution in [0.1, 0.15) is 27.2 Å². The van der Waals surface area contributed by atoms with E-state index in [2.05, 4.69) is 25.7 Å². The molecular weight excluding hydrogens is 280 g/mol. The van der Waals surface area contributed by atoms with E-state index in [4.69, 9.17) is 11.6 Å². The Balaban J connectivity index is 1.96. The topological polar surface area (TPSA) is 84.2 Å². The molecule has 2 aromatic heterocycles. The maximum atomic E-state index is 11.7. The molecule has 108 valence electrons. The minimum Gasteiger partial charge on any atom is -0.369 e. The molecule has 1 amide bonds. The summed E-state index contributed by atoms with van der Waals surface area (Å²) >= 11 is 5.90. The van der Waals surface area contributed by atoms with Gasteiger partial charge in [-0.3, -0.25) is 4.79 Å². The van der Waals surface area contributed by atoms with E-state index < -0.39 is 0 Å². The number of amides is 1. The molecule has 0 spiro atoms. The van der Waals surface area contributed by atoms with Gasteiger partial charge in [0, 0.05) is 24.6 Å². The fraction of sp³-hybridized carbons (Fsp3) is 0.500. The van der Waals surface area contributed by atoms with Gasteiger partial charge in [-0.1, -0.05) is 11.6 Å². The van der Waals surface area contributed by atoms with Crippen LogP contribution >= 0.6 is 11.6 Å². The number of aromatic nitrogens is 4. The summed E-state index contributed by atoms with van der Waals surface area (Å²) < 4.78 is 1.54. The highest BCUT2D eigenvalue weighted by molar-refractivity contribution is 6.29. The number of carbonyl (C=O) groups is 1. The third kappa shape index (κ3) is 3.80. The smallest absolute Gasteiger partial charge is 0.255 e. The van der Waals surface area contributed by atoms with Gasteiger partial charge in [0.25, 0.3) is 5.78 Å². The average Bonchev–Trinajstić information content (AvgIpc) is 2.74. The maximum Gasteiger partial charge on any atom is 0.255 e. The van der Waals surface area contributed by atoms with E-state index in [1.807, 2.05) is 20.8 Å². The zero-order valence-electron chi connectivity index (χ0n) is 11.6. The number of nitrogens with one attached hydrogen (secondary N) is 2. The van der Waals surface area contributed by atoms with Gasteiger partial charge in [-0.05, 0) is 20.8 Å². The molecule has 0 unspecified atom stereocenters. The zero-order valence-corrected chi connectivity index (χ0v) is 12.4. The Morgan fingerprint density at radius 1 is 1.45 bits per heavy atom. The second kappa shape index (κ2) is 5.62. The molecule has 7 nitrogen and oxygen atoms in total. The summed E-state index contributed by atoms with van der Waals surface area (Å²) in [5.41, 5.74) is -0.226. The molecule has 0 atom stereocenters. The number of halogens is 1. The second-order valence-electron chi connectivity index (χ2n) is 5.41. The normalized spacial score (nSPS) is 11.6. The van der Waals surface area contributed by atoms with Crippen molar-refractivity contribution in [1.29, 1.82) is 0 Å². The molecule has 2 heterocycles. The molecule has 0 aliphatic heterocycles. The molecule has 2 rings (SSSR count). The Kier molecular flexibility index (Phi) is 4.08. The first kappa shape index (κ1) is 14.5.